The van der Waals surface area contributed by atoms with Crippen LogP contribution in [0.4, 0.5) is 5.82 Å². The van der Waals surface area contributed by atoms with Crippen LogP contribution in [-0.4, -0.2) is 33.4 Å². The van der Waals surface area contributed by atoms with E-state index < -0.39 is 6.10 Å². The van der Waals surface area contributed by atoms with Crippen molar-refractivity contribution in [2.75, 3.05) is 5.32 Å². The lowest BCUT2D eigenvalue weighted by Gasteiger charge is -2.23. The second-order valence-corrected chi connectivity index (χ2v) is 9.03. The molecule has 0 saturated carbocycles. The maximum atomic E-state index is 12.7. The van der Waals surface area contributed by atoms with Crippen molar-refractivity contribution in [3.8, 4) is 11.1 Å². The van der Waals surface area contributed by atoms with Gasteiger partial charge in [-0.05, 0) is 48.4 Å². The van der Waals surface area contributed by atoms with Crippen LogP contribution < -0.4 is 10.9 Å². The number of aryl methyl sites for hydroxylation is 1. The summed E-state index contributed by atoms with van der Waals surface area (Å²) in [6.45, 7) is 1.73. The Bertz CT molecular complexity index is 1320. The van der Waals surface area contributed by atoms with Crippen molar-refractivity contribution in [3.63, 3.8) is 0 Å². The van der Waals surface area contributed by atoms with Gasteiger partial charge in [-0.2, -0.15) is 0 Å². The molecule has 36 heavy (non-hydrogen) atoms. The summed E-state index contributed by atoms with van der Waals surface area (Å²) in [7, 11) is 0. The van der Waals surface area contributed by atoms with Crippen molar-refractivity contribution in [2.45, 2.75) is 44.8 Å². The Kier molecular flexibility index (Phi) is 8.42. The molecule has 2 unspecified atom stereocenters. The van der Waals surface area contributed by atoms with Crippen LogP contribution in [0.1, 0.15) is 42.3 Å². The summed E-state index contributed by atoms with van der Waals surface area (Å²) < 4.78 is 0. The van der Waals surface area contributed by atoms with E-state index in [1.54, 1.807) is 6.92 Å². The van der Waals surface area contributed by atoms with Gasteiger partial charge < -0.3 is 20.8 Å². The number of anilines is 1. The lowest BCUT2D eigenvalue weighted by atomic mass is 10.0. The Labute approximate surface area is 211 Å². The number of hydrogen-bond acceptors (Lipinski definition) is 5. The summed E-state index contributed by atoms with van der Waals surface area (Å²) in [5.74, 6) is 0.837. The molecule has 4 N–H and O–H groups in total. The molecule has 0 aliphatic carbocycles. The minimum atomic E-state index is -0.644. The molecule has 1 heterocycles. The highest BCUT2D eigenvalue weighted by atomic mass is 16.3. The van der Waals surface area contributed by atoms with Crippen molar-refractivity contribution in [3.05, 3.63) is 118 Å². The number of benzene rings is 3. The van der Waals surface area contributed by atoms with Crippen LogP contribution in [-0.2, 0) is 12.8 Å². The zero-order valence-electron chi connectivity index (χ0n) is 20.4. The molecule has 0 aliphatic rings. The van der Waals surface area contributed by atoms with E-state index in [1.165, 1.54) is 5.56 Å². The van der Waals surface area contributed by atoms with Crippen molar-refractivity contribution in [1.29, 1.82) is 5.41 Å². The Morgan fingerprint density at radius 2 is 1.58 bits per heavy atom. The maximum Gasteiger partial charge on any atom is 0.261 e. The lowest BCUT2D eigenvalue weighted by molar-refractivity contribution is 0.166. The van der Waals surface area contributed by atoms with Gasteiger partial charge >= 0.3 is 0 Å². The van der Waals surface area contributed by atoms with E-state index in [0.29, 0.717) is 24.5 Å². The molecule has 0 fully saturated rings. The molecule has 6 heteroatoms. The van der Waals surface area contributed by atoms with Gasteiger partial charge in [0.15, 0.2) is 0 Å². The summed E-state index contributed by atoms with van der Waals surface area (Å²) in [4.78, 5) is 20.2. The SMILES string of the molecule is CC(O)C(CCCc1ccccc1)Nc1nc(Cc2ccc(-c3ccccc3)cc2)[nH]c(=O)c1C=N. The average Bonchev–Trinajstić information content (AvgIpc) is 2.89. The van der Waals surface area contributed by atoms with E-state index >= 15 is 0 Å². The zero-order chi connectivity index (χ0) is 25.3. The van der Waals surface area contributed by atoms with Crippen molar-refractivity contribution in [2.24, 2.45) is 0 Å². The smallest absolute Gasteiger partial charge is 0.261 e. The molecule has 6 nitrogen and oxygen atoms in total. The molecule has 0 spiro atoms. The molecule has 4 aromatic rings. The van der Waals surface area contributed by atoms with Gasteiger partial charge in [-0.3, -0.25) is 4.79 Å². The average molecular weight is 481 g/mol. The highest BCUT2D eigenvalue weighted by molar-refractivity contribution is 5.83. The first-order valence-electron chi connectivity index (χ1n) is 12.3. The number of aromatic nitrogens is 2. The van der Waals surface area contributed by atoms with Crippen LogP contribution in [0.25, 0.3) is 11.1 Å². The second-order valence-electron chi connectivity index (χ2n) is 9.03. The standard InChI is InChI=1S/C30H32N4O2/c1-21(35)27(14-8-11-22-9-4-2-5-10-22)32-29-26(20-31)30(36)34-28(33-29)19-23-15-17-25(18-16-23)24-12-6-3-7-13-24/h2-7,9-10,12-13,15-18,20-21,27,31,35H,8,11,14,19H2,1H3,(H2,32,33,34,36). The molecule has 3 aromatic carbocycles. The first kappa shape index (κ1) is 25.1. The predicted octanol–water partition coefficient (Wildman–Crippen LogP) is 5.21. The van der Waals surface area contributed by atoms with Crippen LogP contribution in [0, 0.1) is 5.41 Å². The van der Waals surface area contributed by atoms with Crippen molar-refractivity contribution >= 4 is 12.0 Å². The third kappa shape index (κ3) is 6.55. The van der Waals surface area contributed by atoms with E-state index in [1.807, 2.05) is 48.5 Å². The van der Waals surface area contributed by atoms with Gasteiger partial charge in [-0.1, -0.05) is 84.9 Å². The summed E-state index contributed by atoms with van der Waals surface area (Å²) in [6, 6.07) is 28.3. The first-order valence-corrected chi connectivity index (χ1v) is 12.3. The van der Waals surface area contributed by atoms with Crippen LogP contribution in [0.2, 0.25) is 0 Å². The van der Waals surface area contributed by atoms with E-state index in [9.17, 15) is 9.90 Å². The van der Waals surface area contributed by atoms with Crippen LogP contribution >= 0.6 is 0 Å². The number of aliphatic hydroxyl groups is 1. The van der Waals surface area contributed by atoms with E-state index in [4.69, 9.17) is 5.41 Å². The number of H-pyrrole nitrogens is 1. The summed E-state index contributed by atoms with van der Waals surface area (Å²) in [5, 5.41) is 21.4. The fourth-order valence-electron chi connectivity index (χ4n) is 4.28. The topological polar surface area (TPSA) is 102 Å². The largest absolute Gasteiger partial charge is 0.391 e. The van der Waals surface area contributed by atoms with Gasteiger partial charge in [0.25, 0.3) is 5.56 Å². The molecule has 184 valence electrons. The van der Waals surface area contributed by atoms with Crippen LogP contribution in [0.15, 0.2) is 89.7 Å². The van der Waals surface area contributed by atoms with E-state index in [-0.39, 0.29) is 17.2 Å². The van der Waals surface area contributed by atoms with Gasteiger partial charge in [-0.15, -0.1) is 0 Å². The lowest BCUT2D eigenvalue weighted by Crippen LogP contribution is -2.34. The number of rotatable bonds is 11. The summed E-state index contributed by atoms with van der Waals surface area (Å²) in [6.07, 6.45) is 3.29. The Morgan fingerprint density at radius 1 is 0.944 bits per heavy atom. The molecular weight excluding hydrogens is 448 g/mol. The summed E-state index contributed by atoms with van der Waals surface area (Å²) in [5.41, 5.74) is 4.32. The number of aliphatic hydroxyl groups excluding tert-OH is 1. The second kappa shape index (κ2) is 12.1. The fraction of sp³-hybridized carbons (Fsp3) is 0.233. The molecule has 0 bridgehead atoms. The summed E-state index contributed by atoms with van der Waals surface area (Å²) >= 11 is 0. The minimum absolute atomic E-state index is 0.159. The van der Waals surface area contributed by atoms with Crippen LogP contribution in [0.5, 0.6) is 0 Å². The van der Waals surface area contributed by atoms with E-state index in [0.717, 1.165) is 35.7 Å². The molecule has 1 aromatic heterocycles. The zero-order valence-corrected chi connectivity index (χ0v) is 20.4. The van der Waals surface area contributed by atoms with Gasteiger partial charge in [0.2, 0.25) is 0 Å². The monoisotopic (exact) mass is 480 g/mol. The quantitative estimate of drug-likeness (QED) is 0.221. The van der Waals surface area contributed by atoms with Gasteiger partial charge in [0.05, 0.1) is 17.7 Å². The number of hydrogen-bond donors (Lipinski definition) is 4. The maximum absolute atomic E-state index is 12.7. The predicted molar refractivity (Wildman–Crippen MR) is 146 cm³/mol. The Hall–Kier alpha value is -4.03. The van der Waals surface area contributed by atoms with Gasteiger partial charge in [-0.25, -0.2) is 4.98 Å². The third-order valence-corrected chi connectivity index (χ3v) is 6.31. The van der Waals surface area contributed by atoms with Crippen molar-refractivity contribution in [1.82, 2.24) is 9.97 Å². The molecule has 2 atom stereocenters. The first-order chi connectivity index (χ1) is 17.5. The number of aromatic amines is 1. The molecular formula is C30H32N4O2. The normalized spacial score (nSPS) is 12.6. The Morgan fingerprint density at radius 3 is 2.22 bits per heavy atom. The highest BCUT2D eigenvalue weighted by Gasteiger charge is 2.19. The molecule has 0 amide bonds. The van der Waals surface area contributed by atoms with Crippen molar-refractivity contribution < 1.29 is 5.11 Å². The third-order valence-electron chi connectivity index (χ3n) is 6.31. The van der Waals surface area contributed by atoms with Gasteiger partial charge in [0.1, 0.15) is 11.6 Å². The molecule has 4 rings (SSSR count). The fourth-order valence-corrected chi connectivity index (χ4v) is 4.28. The number of nitrogens with one attached hydrogen (secondary N) is 3. The van der Waals surface area contributed by atoms with Crippen LogP contribution in [0.3, 0.4) is 0 Å². The Balaban J connectivity index is 1.48. The molecule has 0 radical (unpaired) electrons. The van der Waals surface area contributed by atoms with Gasteiger partial charge in [0, 0.05) is 12.6 Å². The number of nitrogens with zero attached hydrogens (tertiary/aromatic N) is 1. The minimum Gasteiger partial charge on any atom is -0.391 e. The van der Waals surface area contributed by atoms with E-state index in [2.05, 4.69) is 51.7 Å². The highest BCUT2D eigenvalue weighted by Crippen LogP contribution is 2.21. The molecule has 0 saturated heterocycles. The molecule has 0 aliphatic heterocycles.